The second kappa shape index (κ2) is 10.2. The molecular weight excluding hydrogens is 302 g/mol. The number of nitrogens with one attached hydrogen (secondary N) is 1. The van der Waals surface area contributed by atoms with Crippen LogP contribution in [0.1, 0.15) is 46.0 Å². The van der Waals surface area contributed by atoms with Crippen molar-refractivity contribution in [3.8, 4) is 0 Å². The highest BCUT2D eigenvalue weighted by Gasteiger charge is 2.07. The molecule has 0 atom stereocenters. The molecule has 122 valence electrons. The Labute approximate surface area is 137 Å². The van der Waals surface area contributed by atoms with E-state index in [4.69, 9.17) is 16.3 Å². The summed E-state index contributed by atoms with van der Waals surface area (Å²) >= 11 is 5.77. The SMILES string of the molecule is CC(C)CCCOC(=O)CCCC(=O)Nc1ccc(Cl)cc1. The molecule has 1 amide bonds. The number of carbonyl (C=O) groups is 2. The van der Waals surface area contributed by atoms with E-state index < -0.39 is 0 Å². The summed E-state index contributed by atoms with van der Waals surface area (Å²) in [7, 11) is 0. The molecule has 22 heavy (non-hydrogen) atoms. The van der Waals surface area contributed by atoms with Crippen molar-refractivity contribution < 1.29 is 14.3 Å². The first-order chi connectivity index (χ1) is 10.5. The van der Waals surface area contributed by atoms with Crippen molar-refractivity contribution in [3.63, 3.8) is 0 Å². The maximum atomic E-state index is 11.7. The molecule has 0 aromatic heterocycles. The number of esters is 1. The normalized spacial score (nSPS) is 10.5. The van der Waals surface area contributed by atoms with Gasteiger partial charge in [-0.05, 0) is 49.4 Å². The van der Waals surface area contributed by atoms with Gasteiger partial charge in [0.25, 0.3) is 0 Å². The molecule has 1 rings (SSSR count). The molecule has 0 radical (unpaired) electrons. The van der Waals surface area contributed by atoms with Crippen LogP contribution >= 0.6 is 11.6 Å². The highest BCUT2D eigenvalue weighted by atomic mass is 35.5. The molecule has 0 saturated carbocycles. The number of ether oxygens (including phenoxy) is 1. The lowest BCUT2D eigenvalue weighted by atomic mass is 10.1. The highest BCUT2D eigenvalue weighted by Crippen LogP contribution is 2.14. The van der Waals surface area contributed by atoms with Crippen molar-refractivity contribution in [1.82, 2.24) is 0 Å². The second-order valence-electron chi connectivity index (χ2n) is 5.67. The zero-order chi connectivity index (χ0) is 16.4. The molecule has 5 heteroatoms. The van der Waals surface area contributed by atoms with Crippen molar-refractivity contribution in [2.75, 3.05) is 11.9 Å². The van der Waals surface area contributed by atoms with Crippen LogP contribution in [0, 0.1) is 5.92 Å². The van der Waals surface area contributed by atoms with Crippen LogP contribution in [0.4, 0.5) is 5.69 Å². The quantitative estimate of drug-likeness (QED) is 0.540. The molecule has 0 aliphatic heterocycles. The number of hydrogen-bond acceptors (Lipinski definition) is 3. The summed E-state index contributed by atoms with van der Waals surface area (Å²) in [6.07, 6.45) is 3.00. The van der Waals surface area contributed by atoms with Gasteiger partial charge in [0.15, 0.2) is 0 Å². The van der Waals surface area contributed by atoms with Crippen LogP contribution in [-0.2, 0) is 14.3 Å². The number of hydrogen-bond donors (Lipinski definition) is 1. The van der Waals surface area contributed by atoms with E-state index in [0.29, 0.717) is 36.1 Å². The van der Waals surface area contributed by atoms with Crippen LogP contribution in [0.3, 0.4) is 0 Å². The van der Waals surface area contributed by atoms with Gasteiger partial charge >= 0.3 is 5.97 Å². The van der Waals surface area contributed by atoms with Gasteiger partial charge in [0, 0.05) is 23.6 Å². The first-order valence-electron chi connectivity index (χ1n) is 7.68. The third-order valence-electron chi connectivity index (χ3n) is 3.10. The van der Waals surface area contributed by atoms with E-state index in [-0.39, 0.29) is 18.3 Å². The second-order valence-corrected chi connectivity index (χ2v) is 6.10. The fourth-order valence-corrected chi connectivity index (χ4v) is 2.03. The molecule has 0 bridgehead atoms. The van der Waals surface area contributed by atoms with Crippen molar-refractivity contribution in [2.24, 2.45) is 5.92 Å². The average molecular weight is 326 g/mol. The fourth-order valence-electron chi connectivity index (χ4n) is 1.90. The molecule has 0 fully saturated rings. The van der Waals surface area contributed by atoms with E-state index in [9.17, 15) is 9.59 Å². The van der Waals surface area contributed by atoms with Gasteiger partial charge in [0.2, 0.25) is 5.91 Å². The maximum Gasteiger partial charge on any atom is 0.305 e. The summed E-state index contributed by atoms with van der Waals surface area (Å²) in [6.45, 7) is 4.75. The monoisotopic (exact) mass is 325 g/mol. The Hall–Kier alpha value is -1.55. The Morgan fingerprint density at radius 3 is 2.45 bits per heavy atom. The van der Waals surface area contributed by atoms with Gasteiger partial charge in [0.05, 0.1) is 6.61 Å². The number of carbonyl (C=O) groups excluding carboxylic acids is 2. The molecular formula is C17H24ClNO3. The number of amides is 1. The van der Waals surface area contributed by atoms with Crippen molar-refractivity contribution in [3.05, 3.63) is 29.3 Å². The van der Waals surface area contributed by atoms with Gasteiger partial charge in [-0.25, -0.2) is 0 Å². The van der Waals surface area contributed by atoms with E-state index in [0.717, 1.165) is 12.8 Å². The zero-order valence-corrected chi connectivity index (χ0v) is 14.0. The third-order valence-corrected chi connectivity index (χ3v) is 3.35. The molecule has 0 unspecified atom stereocenters. The van der Waals surface area contributed by atoms with E-state index >= 15 is 0 Å². The summed E-state index contributed by atoms with van der Waals surface area (Å²) < 4.78 is 5.12. The van der Waals surface area contributed by atoms with Gasteiger partial charge in [-0.3, -0.25) is 9.59 Å². The molecule has 0 aliphatic carbocycles. The molecule has 4 nitrogen and oxygen atoms in total. The van der Waals surface area contributed by atoms with Crippen molar-refractivity contribution >= 4 is 29.2 Å². The summed E-state index contributed by atoms with van der Waals surface area (Å²) in [5.41, 5.74) is 0.700. The fraction of sp³-hybridized carbons (Fsp3) is 0.529. The van der Waals surface area contributed by atoms with Gasteiger partial charge in [-0.1, -0.05) is 25.4 Å². The minimum atomic E-state index is -0.233. The number of benzene rings is 1. The Morgan fingerprint density at radius 1 is 1.14 bits per heavy atom. The Bertz CT molecular complexity index is 471. The predicted molar refractivity (Wildman–Crippen MR) is 89.0 cm³/mol. The standard InChI is InChI=1S/C17H24ClNO3/c1-13(2)5-4-12-22-17(21)7-3-6-16(20)19-15-10-8-14(18)9-11-15/h8-11,13H,3-7,12H2,1-2H3,(H,19,20). The highest BCUT2D eigenvalue weighted by molar-refractivity contribution is 6.30. The predicted octanol–water partition coefficient (Wildman–Crippen LogP) is 4.43. The minimum absolute atomic E-state index is 0.116. The summed E-state index contributed by atoms with van der Waals surface area (Å²) in [5.74, 6) is 0.272. The molecule has 0 saturated heterocycles. The van der Waals surface area contributed by atoms with Crippen LogP contribution < -0.4 is 5.32 Å². The van der Waals surface area contributed by atoms with E-state index in [2.05, 4.69) is 19.2 Å². The average Bonchev–Trinajstić information content (AvgIpc) is 2.46. The van der Waals surface area contributed by atoms with Crippen LogP contribution in [0.5, 0.6) is 0 Å². The van der Waals surface area contributed by atoms with Crippen LogP contribution in [0.2, 0.25) is 5.02 Å². The van der Waals surface area contributed by atoms with E-state index in [1.807, 2.05) is 0 Å². The summed E-state index contributed by atoms with van der Waals surface area (Å²) in [5, 5.41) is 3.38. The lowest BCUT2D eigenvalue weighted by Crippen LogP contribution is -2.12. The first-order valence-corrected chi connectivity index (χ1v) is 8.06. The lowest BCUT2D eigenvalue weighted by molar-refractivity contribution is -0.143. The van der Waals surface area contributed by atoms with Gasteiger partial charge in [-0.2, -0.15) is 0 Å². The Kier molecular flexibility index (Phi) is 8.60. The summed E-state index contributed by atoms with van der Waals surface area (Å²) in [4.78, 5) is 23.2. The molecule has 1 aromatic rings. The van der Waals surface area contributed by atoms with E-state index in [1.165, 1.54) is 0 Å². The number of halogens is 1. The van der Waals surface area contributed by atoms with Crippen LogP contribution in [-0.4, -0.2) is 18.5 Å². The summed E-state index contributed by atoms with van der Waals surface area (Å²) in [6, 6.07) is 6.91. The minimum Gasteiger partial charge on any atom is -0.466 e. The molecule has 1 N–H and O–H groups in total. The topological polar surface area (TPSA) is 55.4 Å². The first kappa shape index (κ1) is 18.5. The Morgan fingerprint density at radius 2 is 1.82 bits per heavy atom. The molecule has 1 aromatic carbocycles. The Balaban J connectivity index is 2.11. The van der Waals surface area contributed by atoms with Gasteiger partial charge < -0.3 is 10.1 Å². The zero-order valence-electron chi connectivity index (χ0n) is 13.2. The van der Waals surface area contributed by atoms with Gasteiger partial charge in [0.1, 0.15) is 0 Å². The molecule has 0 spiro atoms. The lowest BCUT2D eigenvalue weighted by Gasteiger charge is -2.07. The largest absolute Gasteiger partial charge is 0.466 e. The van der Waals surface area contributed by atoms with Crippen molar-refractivity contribution in [1.29, 1.82) is 0 Å². The van der Waals surface area contributed by atoms with Crippen molar-refractivity contribution in [2.45, 2.75) is 46.0 Å². The third kappa shape index (κ3) is 8.67. The van der Waals surface area contributed by atoms with E-state index in [1.54, 1.807) is 24.3 Å². The van der Waals surface area contributed by atoms with Crippen LogP contribution in [0.25, 0.3) is 0 Å². The van der Waals surface area contributed by atoms with Crippen LogP contribution in [0.15, 0.2) is 24.3 Å². The maximum absolute atomic E-state index is 11.7. The number of rotatable bonds is 9. The molecule has 0 heterocycles. The number of anilines is 1. The van der Waals surface area contributed by atoms with Gasteiger partial charge in [-0.15, -0.1) is 0 Å². The smallest absolute Gasteiger partial charge is 0.305 e. The molecule has 0 aliphatic rings.